The van der Waals surface area contributed by atoms with Crippen LogP contribution in [0.3, 0.4) is 0 Å². The van der Waals surface area contributed by atoms with Gasteiger partial charge in [-0.25, -0.2) is 0 Å². The molecule has 0 saturated carbocycles. The zero-order valence-electron chi connectivity index (χ0n) is 9.02. The highest BCUT2D eigenvalue weighted by atomic mass is 15.1. The van der Waals surface area contributed by atoms with E-state index in [0.29, 0.717) is 12.0 Å². The molecule has 0 aromatic rings. The van der Waals surface area contributed by atoms with Crippen molar-refractivity contribution in [2.24, 2.45) is 5.92 Å². The average molecular weight is 167 g/mol. The summed E-state index contributed by atoms with van der Waals surface area (Å²) in [5.41, 5.74) is 0. The zero-order valence-corrected chi connectivity index (χ0v) is 9.02. The fraction of sp³-hybridized carbons (Fsp3) is 0.818. The van der Waals surface area contributed by atoms with Gasteiger partial charge in [0.2, 0.25) is 0 Å². The topological polar surface area (TPSA) is 3.24 Å². The van der Waals surface area contributed by atoms with E-state index in [1.165, 1.54) is 0 Å². The third kappa shape index (κ3) is 6.24. The Morgan fingerprint density at radius 3 is 2.17 bits per heavy atom. The van der Waals surface area contributed by atoms with Gasteiger partial charge in [0.25, 0.3) is 0 Å². The molecular weight excluding hydrogens is 146 g/mol. The lowest BCUT2D eigenvalue weighted by Gasteiger charge is -2.19. The van der Waals surface area contributed by atoms with E-state index in [0.717, 1.165) is 13.0 Å². The van der Waals surface area contributed by atoms with Gasteiger partial charge in [0.1, 0.15) is 0 Å². The van der Waals surface area contributed by atoms with Crippen LogP contribution >= 0.6 is 0 Å². The van der Waals surface area contributed by atoms with Crippen LogP contribution in [-0.2, 0) is 0 Å². The smallest absolute Gasteiger partial charge is 0.0217 e. The van der Waals surface area contributed by atoms with Gasteiger partial charge in [-0.2, -0.15) is 0 Å². The summed E-state index contributed by atoms with van der Waals surface area (Å²) in [6.45, 7) is 9.74. The Kier molecular flexibility index (Phi) is 5.84. The second-order valence-electron chi connectivity index (χ2n) is 3.80. The molecule has 12 heavy (non-hydrogen) atoms. The summed E-state index contributed by atoms with van der Waals surface area (Å²) in [4.78, 5) is 2.31. The molecule has 0 heterocycles. The Bertz CT molecular complexity index is 160. The number of hydrogen-bond donors (Lipinski definition) is 0. The van der Waals surface area contributed by atoms with Gasteiger partial charge in [-0.05, 0) is 20.9 Å². The summed E-state index contributed by atoms with van der Waals surface area (Å²) < 4.78 is 0. The van der Waals surface area contributed by atoms with Crippen LogP contribution in [0.25, 0.3) is 0 Å². The third-order valence-corrected chi connectivity index (χ3v) is 1.86. The normalized spacial score (nSPS) is 10.7. The fourth-order valence-electron chi connectivity index (χ4n) is 0.767. The van der Waals surface area contributed by atoms with Crippen LogP contribution in [0.15, 0.2) is 0 Å². The van der Waals surface area contributed by atoms with E-state index in [-0.39, 0.29) is 0 Å². The lowest BCUT2D eigenvalue weighted by Crippen LogP contribution is -2.26. The highest BCUT2D eigenvalue weighted by Crippen LogP contribution is 1.94. The summed E-state index contributed by atoms with van der Waals surface area (Å²) in [5.74, 6) is 6.85. The second-order valence-corrected chi connectivity index (χ2v) is 3.80. The van der Waals surface area contributed by atoms with Crippen molar-refractivity contribution in [3.8, 4) is 11.8 Å². The van der Waals surface area contributed by atoms with E-state index in [1.54, 1.807) is 0 Å². The summed E-state index contributed by atoms with van der Waals surface area (Å²) in [7, 11) is 2.14. The highest BCUT2D eigenvalue weighted by Gasteiger charge is 1.99. The summed E-state index contributed by atoms with van der Waals surface area (Å²) in [6, 6.07) is 0.630. The van der Waals surface area contributed by atoms with Crippen molar-refractivity contribution in [1.82, 2.24) is 4.90 Å². The van der Waals surface area contributed by atoms with Gasteiger partial charge in [-0.1, -0.05) is 13.8 Å². The molecule has 70 valence electrons. The van der Waals surface area contributed by atoms with Crippen molar-refractivity contribution in [2.75, 3.05) is 13.6 Å². The van der Waals surface area contributed by atoms with Gasteiger partial charge in [-0.15, -0.1) is 11.8 Å². The Morgan fingerprint density at radius 2 is 1.75 bits per heavy atom. The summed E-state index contributed by atoms with van der Waals surface area (Å²) >= 11 is 0. The summed E-state index contributed by atoms with van der Waals surface area (Å²) in [6.07, 6.45) is 0.993. The number of nitrogens with zero attached hydrogens (tertiary/aromatic N) is 1. The maximum atomic E-state index is 3.18. The largest absolute Gasteiger partial charge is 0.303 e. The molecule has 0 unspecified atom stereocenters. The molecule has 0 N–H and O–H groups in total. The van der Waals surface area contributed by atoms with E-state index < -0.39 is 0 Å². The Hall–Kier alpha value is -0.480. The first-order valence-corrected chi connectivity index (χ1v) is 4.72. The van der Waals surface area contributed by atoms with E-state index in [1.807, 2.05) is 0 Å². The SMILES string of the molecule is CC(C)C#CCCN(C)C(C)C. The minimum atomic E-state index is 0.509. The summed E-state index contributed by atoms with van der Waals surface area (Å²) in [5, 5.41) is 0. The lowest BCUT2D eigenvalue weighted by molar-refractivity contribution is 0.281. The van der Waals surface area contributed by atoms with Crippen LogP contribution in [-0.4, -0.2) is 24.5 Å². The maximum absolute atomic E-state index is 3.18. The first-order chi connectivity index (χ1) is 5.54. The van der Waals surface area contributed by atoms with Crippen molar-refractivity contribution < 1.29 is 0 Å². The molecule has 0 aliphatic heterocycles. The van der Waals surface area contributed by atoms with E-state index in [9.17, 15) is 0 Å². The maximum Gasteiger partial charge on any atom is 0.0217 e. The van der Waals surface area contributed by atoms with Gasteiger partial charge in [0.05, 0.1) is 0 Å². The average Bonchev–Trinajstić information content (AvgIpc) is 1.97. The number of hydrogen-bond acceptors (Lipinski definition) is 1. The van der Waals surface area contributed by atoms with Crippen molar-refractivity contribution in [3.05, 3.63) is 0 Å². The van der Waals surface area contributed by atoms with Crippen LogP contribution < -0.4 is 0 Å². The Morgan fingerprint density at radius 1 is 1.17 bits per heavy atom. The van der Waals surface area contributed by atoms with Gasteiger partial charge < -0.3 is 4.90 Å². The first kappa shape index (κ1) is 11.5. The predicted molar refractivity (Wildman–Crippen MR) is 55.0 cm³/mol. The lowest BCUT2D eigenvalue weighted by atomic mass is 10.2. The molecule has 0 aromatic heterocycles. The molecule has 0 saturated heterocycles. The standard InChI is InChI=1S/C11H21N/c1-10(2)8-6-7-9-12(5)11(3)4/h10-11H,7,9H2,1-5H3. The molecule has 1 nitrogen and oxygen atoms in total. The molecule has 0 aliphatic rings. The quantitative estimate of drug-likeness (QED) is 0.583. The van der Waals surface area contributed by atoms with Crippen molar-refractivity contribution >= 4 is 0 Å². The molecule has 0 aliphatic carbocycles. The Balaban J connectivity index is 3.51. The minimum Gasteiger partial charge on any atom is -0.303 e. The molecule has 0 amide bonds. The van der Waals surface area contributed by atoms with Crippen LogP contribution in [0.4, 0.5) is 0 Å². The molecule has 0 radical (unpaired) electrons. The molecular formula is C11H21N. The molecule has 1 heteroatoms. The third-order valence-electron chi connectivity index (χ3n) is 1.86. The highest BCUT2D eigenvalue weighted by molar-refractivity contribution is 5.01. The van der Waals surface area contributed by atoms with Crippen molar-refractivity contribution in [2.45, 2.75) is 40.2 Å². The van der Waals surface area contributed by atoms with Gasteiger partial charge in [0.15, 0.2) is 0 Å². The van der Waals surface area contributed by atoms with E-state index >= 15 is 0 Å². The Labute approximate surface area is 77.1 Å². The predicted octanol–water partition coefficient (Wildman–Crippen LogP) is 2.38. The molecule has 0 bridgehead atoms. The van der Waals surface area contributed by atoms with Gasteiger partial charge >= 0.3 is 0 Å². The van der Waals surface area contributed by atoms with Gasteiger partial charge in [-0.3, -0.25) is 0 Å². The molecule has 0 aromatic carbocycles. The number of rotatable bonds is 3. The molecule has 0 fully saturated rings. The van der Waals surface area contributed by atoms with E-state index in [2.05, 4.69) is 51.5 Å². The molecule has 0 atom stereocenters. The van der Waals surface area contributed by atoms with Gasteiger partial charge in [0, 0.05) is 24.9 Å². The van der Waals surface area contributed by atoms with Crippen molar-refractivity contribution in [1.29, 1.82) is 0 Å². The van der Waals surface area contributed by atoms with Crippen LogP contribution in [0.2, 0.25) is 0 Å². The second kappa shape index (κ2) is 6.08. The minimum absolute atomic E-state index is 0.509. The molecule has 0 spiro atoms. The van der Waals surface area contributed by atoms with E-state index in [4.69, 9.17) is 0 Å². The first-order valence-electron chi connectivity index (χ1n) is 4.72. The van der Waals surface area contributed by atoms with Crippen LogP contribution in [0, 0.1) is 17.8 Å². The fourth-order valence-corrected chi connectivity index (χ4v) is 0.767. The van der Waals surface area contributed by atoms with Crippen LogP contribution in [0.1, 0.15) is 34.1 Å². The van der Waals surface area contributed by atoms with Crippen molar-refractivity contribution in [3.63, 3.8) is 0 Å². The van der Waals surface area contributed by atoms with Crippen LogP contribution in [0.5, 0.6) is 0 Å². The zero-order chi connectivity index (χ0) is 9.56. The molecule has 0 rings (SSSR count). The monoisotopic (exact) mass is 167 g/mol.